The third-order valence-corrected chi connectivity index (χ3v) is 2.34. The Hall–Kier alpha value is -1.21. The van der Waals surface area contributed by atoms with Gasteiger partial charge in [-0.15, -0.1) is 6.42 Å². The Morgan fingerprint density at radius 3 is 2.69 bits per heavy atom. The van der Waals surface area contributed by atoms with E-state index in [2.05, 4.69) is 16.6 Å². The molecule has 0 heterocycles. The number of urea groups is 1. The first-order chi connectivity index (χ1) is 6.22. The third-order valence-electron chi connectivity index (χ3n) is 2.34. The molecule has 3 N–H and O–H groups in total. The topological polar surface area (TPSA) is 61.4 Å². The molecule has 2 amide bonds. The number of carbonyl (C=O) groups is 1. The molecule has 1 saturated carbocycles. The molecule has 0 aliphatic heterocycles. The molecular weight excluding hydrogens is 168 g/mol. The van der Waals surface area contributed by atoms with Crippen LogP contribution in [0.15, 0.2) is 0 Å². The van der Waals surface area contributed by atoms with Crippen LogP contribution in [0, 0.1) is 12.3 Å². The van der Waals surface area contributed by atoms with Gasteiger partial charge in [-0.2, -0.15) is 0 Å². The summed E-state index contributed by atoms with van der Waals surface area (Å²) in [6, 6.07) is -0.299. The highest BCUT2D eigenvalue weighted by molar-refractivity contribution is 5.75. The highest BCUT2D eigenvalue weighted by Gasteiger charge is 2.37. The van der Waals surface area contributed by atoms with Gasteiger partial charge in [0.2, 0.25) is 0 Å². The number of carbonyl (C=O) groups excluding carboxylic acids is 1. The lowest BCUT2D eigenvalue weighted by Gasteiger charge is -2.40. The van der Waals surface area contributed by atoms with E-state index in [1.54, 1.807) is 0 Å². The van der Waals surface area contributed by atoms with Gasteiger partial charge in [-0.3, -0.25) is 0 Å². The van der Waals surface area contributed by atoms with Gasteiger partial charge in [0.1, 0.15) is 0 Å². The van der Waals surface area contributed by atoms with Crippen LogP contribution in [-0.4, -0.2) is 29.8 Å². The molecule has 72 valence electrons. The second-order valence-corrected chi connectivity index (χ2v) is 3.30. The Kier molecular flexibility index (Phi) is 3.15. The molecule has 0 saturated heterocycles. The number of hydrogen-bond acceptors (Lipinski definition) is 2. The molecule has 0 unspecified atom stereocenters. The van der Waals surface area contributed by atoms with Gasteiger partial charge in [-0.1, -0.05) is 5.92 Å². The fourth-order valence-electron chi connectivity index (χ4n) is 1.34. The van der Waals surface area contributed by atoms with Crippen LogP contribution in [0.3, 0.4) is 0 Å². The Labute approximate surface area is 77.7 Å². The molecule has 4 heteroatoms. The van der Waals surface area contributed by atoms with Crippen molar-refractivity contribution in [3.63, 3.8) is 0 Å². The normalized spacial score (nSPS) is 18.2. The number of terminal acetylenes is 1. The van der Waals surface area contributed by atoms with Crippen molar-refractivity contribution in [3.05, 3.63) is 0 Å². The molecule has 0 aromatic heterocycles. The first kappa shape index (κ1) is 9.87. The first-order valence-corrected chi connectivity index (χ1v) is 4.33. The Bertz CT molecular complexity index is 223. The molecule has 1 rings (SSSR count). The smallest absolute Gasteiger partial charge is 0.316 e. The minimum atomic E-state index is -0.390. The Morgan fingerprint density at radius 1 is 1.62 bits per heavy atom. The fourth-order valence-corrected chi connectivity index (χ4v) is 1.34. The van der Waals surface area contributed by atoms with Gasteiger partial charge in [0.25, 0.3) is 0 Å². The molecule has 1 fully saturated rings. The first-order valence-electron chi connectivity index (χ1n) is 4.33. The fraction of sp³-hybridized carbons (Fsp3) is 0.667. The lowest BCUT2D eigenvalue weighted by molar-refractivity contribution is 0.0961. The molecule has 0 aromatic rings. The zero-order valence-corrected chi connectivity index (χ0v) is 7.47. The summed E-state index contributed by atoms with van der Waals surface area (Å²) >= 11 is 0. The summed E-state index contributed by atoms with van der Waals surface area (Å²) in [6.45, 7) is 0.212. The molecule has 4 nitrogen and oxygen atoms in total. The maximum atomic E-state index is 11.1. The van der Waals surface area contributed by atoms with E-state index in [1.165, 1.54) is 0 Å². The zero-order chi connectivity index (χ0) is 9.73. The van der Waals surface area contributed by atoms with Gasteiger partial charge in [0.15, 0.2) is 0 Å². The number of rotatable bonds is 3. The molecule has 0 atom stereocenters. The number of nitrogens with one attached hydrogen (secondary N) is 2. The largest absolute Gasteiger partial charge is 0.394 e. The zero-order valence-electron chi connectivity index (χ0n) is 7.47. The number of hydrogen-bond donors (Lipinski definition) is 3. The molecule has 13 heavy (non-hydrogen) atoms. The van der Waals surface area contributed by atoms with E-state index >= 15 is 0 Å². The highest BCUT2D eigenvalue weighted by atomic mass is 16.3. The quantitative estimate of drug-likeness (QED) is 0.531. The Morgan fingerprint density at radius 2 is 2.31 bits per heavy atom. The van der Waals surface area contributed by atoms with Crippen molar-refractivity contribution in [3.8, 4) is 12.3 Å². The molecule has 0 spiro atoms. The average Bonchev–Trinajstić information content (AvgIpc) is 2.08. The standard InChI is InChI=1S/C9H14N2O2/c1-2-6-10-8(13)11-9(7-12)4-3-5-9/h1,12H,3-7H2,(H2,10,11,13). The summed E-state index contributed by atoms with van der Waals surface area (Å²) in [5.41, 5.74) is -0.390. The van der Waals surface area contributed by atoms with Crippen molar-refractivity contribution in [1.29, 1.82) is 0 Å². The summed E-state index contributed by atoms with van der Waals surface area (Å²) in [5, 5.41) is 14.2. The molecule has 0 radical (unpaired) electrons. The molecule has 0 aromatic carbocycles. The summed E-state index contributed by atoms with van der Waals surface area (Å²) < 4.78 is 0. The van der Waals surface area contributed by atoms with Crippen LogP contribution in [-0.2, 0) is 0 Å². The van der Waals surface area contributed by atoms with Crippen molar-refractivity contribution in [2.75, 3.05) is 13.2 Å². The maximum Gasteiger partial charge on any atom is 0.316 e. The summed E-state index contributed by atoms with van der Waals surface area (Å²) in [4.78, 5) is 11.1. The predicted octanol–water partition coefficient (Wildman–Crippen LogP) is -0.166. The van der Waals surface area contributed by atoms with Gasteiger partial charge in [0, 0.05) is 0 Å². The van der Waals surface area contributed by atoms with Crippen LogP contribution in [0.1, 0.15) is 19.3 Å². The predicted molar refractivity (Wildman–Crippen MR) is 49.0 cm³/mol. The second-order valence-electron chi connectivity index (χ2n) is 3.30. The molecule has 1 aliphatic rings. The van der Waals surface area contributed by atoms with Crippen LogP contribution < -0.4 is 10.6 Å². The number of amides is 2. The lowest BCUT2D eigenvalue weighted by Crippen LogP contribution is -2.58. The van der Waals surface area contributed by atoms with Crippen molar-refractivity contribution in [1.82, 2.24) is 10.6 Å². The van der Waals surface area contributed by atoms with Gasteiger partial charge in [-0.05, 0) is 19.3 Å². The third kappa shape index (κ3) is 2.36. The monoisotopic (exact) mass is 182 g/mol. The van der Waals surface area contributed by atoms with E-state index < -0.39 is 5.54 Å². The van der Waals surface area contributed by atoms with E-state index in [0.717, 1.165) is 19.3 Å². The SMILES string of the molecule is C#CCNC(=O)NC1(CO)CCC1. The van der Waals surface area contributed by atoms with E-state index in [1.807, 2.05) is 0 Å². The van der Waals surface area contributed by atoms with Crippen LogP contribution in [0.2, 0.25) is 0 Å². The van der Waals surface area contributed by atoms with Crippen LogP contribution in [0.25, 0.3) is 0 Å². The van der Waals surface area contributed by atoms with E-state index in [0.29, 0.717) is 0 Å². The van der Waals surface area contributed by atoms with Crippen molar-refractivity contribution >= 4 is 6.03 Å². The van der Waals surface area contributed by atoms with Crippen LogP contribution in [0.4, 0.5) is 4.79 Å². The molecule has 0 bridgehead atoms. The molecule has 1 aliphatic carbocycles. The van der Waals surface area contributed by atoms with Crippen molar-refractivity contribution in [2.45, 2.75) is 24.8 Å². The van der Waals surface area contributed by atoms with Gasteiger partial charge < -0.3 is 15.7 Å². The van der Waals surface area contributed by atoms with Crippen molar-refractivity contribution in [2.24, 2.45) is 0 Å². The summed E-state index contributed by atoms with van der Waals surface area (Å²) in [5.74, 6) is 2.30. The Balaban J connectivity index is 2.30. The van der Waals surface area contributed by atoms with Gasteiger partial charge in [0.05, 0.1) is 18.7 Å². The highest BCUT2D eigenvalue weighted by Crippen LogP contribution is 2.30. The number of aliphatic hydroxyl groups is 1. The molecular formula is C9H14N2O2. The minimum absolute atomic E-state index is 0.00350. The van der Waals surface area contributed by atoms with E-state index in [9.17, 15) is 4.79 Å². The van der Waals surface area contributed by atoms with Crippen molar-refractivity contribution < 1.29 is 9.90 Å². The van der Waals surface area contributed by atoms with Gasteiger partial charge in [-0.25, -0.2) is 4.79 Å². The average molecular weight is 182 g/mol. The minimum Gasteiger partial charge on any atom is -0.394 e. The maximum absolute atomic E-state index is 11.1. The van der Waals surface area contributed by atoms with E-state index in [-0.39, 0.29) is 19.2 Å². The number of aliphatic hydroxyl groups excluding tert-OH is 1. The lowest BCUT2D eigenvalue weighted by atomic mass is 9.77. The van der Waals surface area contributed by atoms with Crippen LogP contribution in [0.5, 0.6) is 0 Å². The summed E-state index contributed by atoms with van der Waals surface area (Å²) in [6.07, 6.45) is 7.71. The van der Waals surface area contributed by atoms with E-state index in [4.69, 9.17) is 11.5 Å². The second kappa shape index (κ2) is 4.15. The van der Waals surface area contributed by atoms with Gasteiger partial charge >= 0.3 is 6.03 Å². The summed E-state index contributed by atoms with van der Waals surface area (Å²) in [7, 11) is 0. The van der Waals surface area contributed by atoms with Crippen LogP contribution >= 0.6 is 0 Å².